The molecule has 3 rings (SSSR count). The molecule has 1 unspecified atom stereocenters. The number of aromatic nitrogens is 2. The van der Waals surface area contributed by atoms with Gasteiger partial charge < -0.3 is 5.32 Å². The summed E-state index contributed by atoms with van der Waals surface area (Å²) in [5.74, 6) is -6.71. The van der Waals surface area contributed by atoms with Crippen molar-refractivity contribution in [2.45, 2.75) is 50.4 Å². The Balaban J connectivity index is 1.67. The number of amides is 1. The zero-order valence-corrected chi connectivity index (χ0v) is 12.3. The average molecular weight is 319 g/mol. The molecule has 0 spiro atoms. The van der Waals surface area contributed by atoms with Crippen molar-refractivity contribution in [2.75, 3.05) is 5.32 Å². The SMILES string of the molecule is Cc1c(C2CC(F)(F)C2)nn(C)c1NC(=O)CC1CC1(F)F. The van der Waals surface area contributed by atoms with Crippen molar-refractivity contribution in [1.82, 2.24) is 9.78 Å². The Hall–Kier alpha value is -1.60. The topological polar surface area (TPSA) is 46.9 Å². The van der Waals surface area contributed by atoms with E-state index in [0.717, 1.165) is 0 Å². The largest absolute Gasteiger partial charge is 0.311 e. The first-order chi connectivity index (χ1) is 10.1. The Morgan fingerprint density at radius 3 is 2.41 bits per heavy atom. The third kappa shape index (κ3) is 2.70. The molecule has 1 heterocycles. The van der Waals surface area contributed by atoms with Crippen LogP contribution < -0.4 is 5.32 Å². The van der Waals surface area contributed by atoms with Gasteiger partial charge in [0.05, 0.1) is 5.69 Å². The first kappa shape index (κ1) is 15.3. The number of rotatable bonds is 4. The van der Waals surface area contributed by atoms with E-state index in [1.54, 1.807) is 14.0 Å². The molecule has 1 aromatic heterocycles. The van der Waals surface area contributed by atoms with E-state index in [9.17, 15) is 22.4 Å². The molecule has 1 amide bonds. The van der Waals surface area contributed by atoms with Crippen molar-refractivity contribution in [3.63, 3.8) is 0 Å². The Kier molecular flexibility index (Phi) is 3.27. The standard InChI is InChI=1S/C14H17F4N3O/c1-7-11(8-4-13(15,16)5-8)20-21(2)12(7)19-10(22)3-9-6-14(9,17)18/h8-9H,3-6H2,1-2H3,(H,19,22). The highest BCUT2D eigenvalue weighted by Gasteiger charge is 2.57. The minimum absolute atomic E-state index is 0.242. The normalized spacial score (nSPS) is 25.6. The maximum Gasteiger partial charge on any atom is 0.252 e. The maximum absolute atomic E-state index is 13.0. The van der Waals surface area contributed by atoms with Crippen molar-refractivity contribution in [2.24, 2.45) is 13.0 Å². The first-order valence-electron chi connectivity index (χ1n) is 7.18. The van der Waals surface area contributed by atoms with Gasteiger partial charge in [-0.1, -0.05) is 0 Å². The van der Waals surface area contributed by atoms with Crippen molar-refractivity contribution < 1.29 is 22.4 Å². The molecule has 122 valence electrons. The third-order valence-electron chi connectivity index (χ3n) is 4.44. The summed E-state index contributed by atoms with van der Waals surface area (Å²) in [7, 11) is 1.59. The molecule has 2 aliphatic rings. The van der Waals surface area contributed by atoms with Crippen molar-refractivity contribution in [3.05, 3.63) is 11.3 Å². The minimum Gasteiger partial charge on any atom is -0.311 e. The number of aryl methyl sites for hydroxylation is 1. The van der Waals surface area contributed by atoms with E-state index in [0.29, 0.717) is 17.1 Å². The highest BCUT2D eigenvalue weighted by atomic mass is 19.3. The number of carbonyl (C=O) groups excluding carboxylic acids is 1. The van der Waals surface area contributed by atoms with Gasteiger partial charge in [0.1, 0.15) is 5.82 Å². The summed E-state index contributed by atoms with van der Waals surface area (Å²) in [4.78, 5) is 11.8. The van der Waals surface area contributed by atoms with Crippen LogP contribution >= 0.6 is 0 Å². The molecular weight excluding hydrogens is 302 g/mol. The minimum atomic E-state index is -2.73. The smallest absolute Gasteiger partial charge is 0.252 e. The molecule has 0 radical (unpaired) electrons. The van der Waals surface area contributed by atoms with Crippen LogP contribution in [0.25, 0.3) is 0 Å². The second-order valence-corrected chi connectivity index (χ2v) is 6.36. The molecule has 0 bridgehead atoms. The molecule has 0 saturated heterocycles. The summed E-state index contributed by atoms with van der Waals surface area (Å²) in [5.41, 5.74) is 1.17. The van der Waals surface area contributed by atoms with Gasteiger partial charge in [-0.15, -0.1) is 0 Å². The Bertz CT molecular complexity index is 618. The zero-order chi connectivity index (χ0) is 16.3. The van der Waals surface area contributed by atoms with Crippen LogP contribution in [0.1, 0.15) is 42.9 Å². The van der Waals surface area contributed by atoms with Gasteiger partial charge in [-0.25, -0.2) is 17.6 Å². The number of carbonyl (C=O) groups is 1. The van der Waals surface area contributed by atoms with Gasteiger partial charge in [0, 0.05) is 50.1 Å². The van der Waals surface area contributed by atoms with Crippen LogP contribution in [0.4, 0.5) is 23.4 Å². The number of alkyl halides is 4. The molecule has 8 heteroatoms. The van der Waals surface area contributed by atoms with Crippen LogP contribution in [0.2, 0.25) is 0 Å². The summed E-state index contributed by atoms with van der Waals surface area (Å²) in [6.07, 6.45) is -0.985. The summed E-state index contributed by atoms with van der Waals surface area (Å²) in [5, 5.41) is 6.77. The molecular formula is C14H17F4N3O. The number of anilines is 1. The third-order valence-corrected chi connectivity index (χ3v) is 4.44. The van der Waals surface area contributed by atoms with Crippen LogP contribution in [0.15, 0.2) is 0 Å². The van der Waals surface area contributed by atoms with Gasteiger partial charge in [-0.05, 0) is 6.92 Å². The van der Waals surface area contributed by atoms with Crippen molar-refractivity contribution in [1.29, 1.82) is 0 Å². The summed E-state index contributed by atoms with van der Waals surface area (Å²) in [6.45, 7) is 1.69. The first-order valence-corrected chi connectivity index (χ1v) is 7.18. The summed E-state index contributed by atoms with van der Waals surface area (Å²) < 4.78 is 53.0. The maximum atomic E-state index is 13.0. The number of nitrogens with zero attached hydrogens (tertiary/aromatic N) is 2. The van der Waals surface area contributed by atoms with E-state index in [4.69, 9.17) is 0 Å². The van der Waals surface area contributed by atoms with Crippen LogP contribution in [0.5, 0.6) is 0 Å². The molecule has 0 aliphatic heterocycles. The van der Waals surface area contributed by atoms with Gasteiger partial charge in [0.2, 0.25) is 11.8 Å². The Labute approximate surface area is 124 Å². The fourth-order valence-electron chi connectivity index (χ4n) is 2.97. The van der Waals surface area contributed by atoms with E-state index < -0.39 is 23.7 Å². The van der Waals surface area contributed by atoms with Crippen molar-refractivity contribution in [3.8, 4) is 0 Å². The number of hydrogen-bond donors (Lipinski definition) is 1. The highest BCUT2D eigenvalue weighted by Crippen LogP contribution is 2.51. The second kappa shape index (κ2) is 4.70. The van der Waals surface area contributed by atoms with Gasteiger partial charge in [-0.2, -0.15) is 5.10 Å². The van der Waals surface area contributed by atoms with E-state index in [-0.39, 0.29) is 31.6 Å². The van der Waals surface area contributed by atoms with Crippen molar-refractivity contribution >= 4 is 11.7 Å². The molecule has 2 saturated carbocycles. The second-order valence-electron chi connectivity index (χ2n) is 6.36. The monoisotopic (exact) mass is 319 g/mol. The quantitative estimate of drug-likeness (QED) is 0.866. The molecule has 0 aromatic carbocycles. The van der Waals surface area contributed by atoms with Crippen LogP contribution in [0.3, 0.4) is 0 Å². The number of halogens is 4. The van der Waals surface area contributed by atoms with E-state index in [1.807, 2.05) is 0 Å². The Morgan fingerprint density at radius 1 is 1.32 bits per heavy atom. The zero-order valence-electron chi connectivity index (χ0n) is 12.3. The lowest BCUT2D eigenvalue weighted by molar-refractivity contribution is -0.117. The van der Waals surface area contributed by atoms with E-state index in [1.165, 1.54) is 4.68 Å². The lowest BCUT2D eigenvalue weighted by atomic mass is 9.78. The van der Waals surface area contributed by atoms with Gasteiger partial charge in [-0.3, -0.25) is 9.48 Å². The molecule has 22 heavy (non-hydrogen) atoms. The van der Waals surface area contributed by atoms with E-state index >= 15 is 0 Å². The molecule has 1 N–H and O–H groups in total. The molecule has 4 nitrogen and oxygen atoms in total. The molecule has 2 fully saturated rings. The summed E-state index contributed by atoms with van der Waals surface area (Å²) in [6, 6.07) is 0. The lowest BCUT2D eigenvalue weighted by Gasteiger charge is -2.34. The van der Waals surface area contributed by atoms with Crippen LogP contribution in [0, 0.1) is 12.8 Å². The van der Waals surface area contributed by atoms with Gasteiger partial charge in [0.25, 0.3) is 5.92 Å². The number of hydrogen-bond acceptors (Lipinski definition) is 2. The lowest BCUT2D eigenvalue weighted by Crippen LogP contribution is -2.34. The fourth-order valence-corrected chi connectivity index (χ4v) is 2.97. The fraction of sp³-hybridized carbons (Fsp3) is 0.714. The highest BCUT2D eigenvalue weighted by molar-refractivity contribution is 5.91. The number of nitrogens with one attached hydrogen (secondary N) is 1. The average Bonchev–Trinajstić information content (AvgIpc) is 2.85. The molecule has 2 aliphatic carbocycles. The van der Waals surface area contributed by atoms with Gasteiger partial charge >= 0.3 is 0 Å². The van der Waals surface area contributed by atoms with Crippen LogP contribution in [-0.4, -0.2) is 27.5 Å². The summed E-state index contributed by atoms with van der Waals surface area (Å²) >= 11 is 0. The Morgan fingerprint density at radius 2 is 1.91 bits per heavy atom. The predicted octanol–water partition coefficient (Wildman–Crippen LogP) is 3.23. The van der Waals surface area contributed by atoms with Crippen LogP contribution in [-0.2, 0) is 11.8 Å². The molecule has 1 aromatic rings. The molecule has 1 atom stereocenters. The van der Waals surface area contributed by atoms with E-state index in [2.05, 4.69) is 10.4 Å². The predicted molar refractivity (Wildman–Crippen MR) is 71.2 cm³/mol. The van der Waals surface area contributed by atoms with Gasteiger partial charge in [0.15, 0.2) is 0 Å².